The summed E-state index contributed by atoms with van der Waals surface area (Å²) in [6, 6.07) is 16.7. The first-order valence-corrected chi connectivity index (χ1v) is 12.4. The van der Waals surface area contributed by atoms with Crippen LogP contribution in [0.4, 0.5) is 5.69 Å². The molecule has 5 heteroatoms. The molecule has 2 aromatic carbocycles. The maximum Gasteiger partial charge on any atom is 0.228 e. The second-order valence-corrected chi connectivity index (χ2v) is 10.1. The van der Waals surface area contributed by atoms with Gasteiger partial charge in [-0.1, -0.05) is 50.2 Å². The molecule has 0 saturated carbocycles. The molecule has 0 bridgehead atoms. The number of hydrogen-bond donors (Lipinski definition) is 2. The molecular formula is C28H37N3O2. The molecule has 2 N–H and O–H groups in total. The minimum absolute atomic E-state index is 0.0269. The summed E-state index contributed by atoms with van der Waals surface area (Å²) in [7, 11) is 0. The van der Waals surface area contributed by atoms with Crippen LogP contribution >= 0.6 is 0 Å². The van der Waals surface area contributed by atoms with Crippen molar-refractivity contribution in [2.24, 2.45) is 17.8 Å². The number of carbonyl (C=O) groups excluding carboxylic acids is 2. The first-order chi connectivity index (χ1) is 16.0. The summed E-state index contributed by atoms with van der Waals surface area (Å²) in [6.45, 7) is 7.11. The van der Waals surface area contributed by atoms with E-state index in [1.165, 1.54) is 23.1 Å². The number of amides is 2. The summed E-state index contributed by atoms with van der Waals surface area (Å²) in [5.41, 5.74) is 4.91. The molecule has 2 amide bonds. The van der Waals surface area contributed by atoms with Crippen LogP contribution in [0.15, 0.2) is 48.5 Å². The predicted octanol–water partition coefficient (Wildman–Crippen LogP) is 4.07. The Morgan fingerprint density at radius 3 is 2.45 bits per heavy atom. The monoisotopic (exact) mass is 447 g/mol. The third kappa shape index (κ3) is 6.44. The highest BCUT2D eigenvalue weighted by atomic mass is 16.2. The summed E-state index contributed by atoms with van der Waals surface area (Å²) >= 11 is 0. The number of rotatable bonds is 8. The van der Waals surface area contributed by atoms with Gasteiger partial charge in [0.15, 0.2) is 0 Å². The fourth-order valence-electron chi connectivity index (χ4n) is 5.03. The normalized spacial score (nSPS) is 20.5. The van der Waals surface area contributed by atoms with Crippen molar-refractivity contribution in [1.29, 1.82) is 0 Å². The Bertz CT molecular complexity index is 957. The Kier molecular flexibility index (Phi) is 7.81. The molecule has 1 aliphatic carbocycles. The minimum atomic E-state index is -0.197. The van der Waals surface area contributed by atoms with Gasteiger partial charge >= 0.3 is 0 Å². The van der Waals surface area contributed by atoms with Gasteiger partial charge in [0.25, 0.3) is 0 Å². The van der Waals surface area contributed by atoms with Crippen LogP contribution in [0, 0.1) is 17.8 Å². The quantitative estimate of drug-likeness (QED) is 0.641. The standard InChI is InChI=1S/C28H37N3O2/c1-20(2)17-29-27(32)24-15-25(19-31(18-24)14-13-21-7-4-3-5-8-21)28(33)30-26-12-11-22-9-6-10-23(22)16-26/h3-5,7-8,11-12,16,20,24-25H,6,9-10,13-15,17-19H2,1-2H3,(H,29,32)(H,30,33)/t24-,25+/m0/s1. The van der Waals surface area contributed by atoms with Crippen molar-refractivity contribution < 1.29 is 9.59 Å². The highest BCUT2D eigenvalue weighted by Crippen LogP contribution is 2.27. The highest BCUT2D eigenvalue weighted by Gasteiger charge is 2.35. The average molecular weight is 448 g/mol. The second-order valence-electron chi connectivity index (χ2n) is 10.1. The van der Waals surface area contributed by atoms with Crippen LogP contribution in [-0.2, 0) is 28.9 Å². The molecular weight excluding hydrogens is 410 g/mol. The van der Waals surface area contributed by atoms with Gasteiger partial charge in [-0.2, -0.15) is 0 Å². The van der Waals surface area contributed by atoms with Crippen molar-refractivity contribution in [3.8, 4) is 0 Å². The molecule has 0 aromatic heterocycles. The van der Waals surface area contributed by atoms with Crippen molar-refractivity contribution >= 4 is 17.5 Å². The fraction of sp³-hybridized carbons (Fsp3) is 0.500. The number of carbonyl (C=O) groups is 2. The van der Waals surface area contributed by atoms with Crippen molar-refractivity contribution in [2.45, 2.75) is 46.0 Å². The molecule has 2 aliphatic rings. The summed E-state index contributed by atoms with van der Waals surface area (Å²) in [6.07, 6.45) is 4.94. The molecule has 5 nitrogen and oxygen atoms in total. The van der Waals surface area contributed by atoms with E-state index in [-0.39, 0.29) is 23.7 Å². The van der Waals surface area contributed by atoms with E-state index in [1.807, 2.05) is 12.1 Å². The SMILES string of the molecule is CC(C)CNC(=O)[C@H]1C[C@@H](C(=O)Nc2ccc3c(c2)CCC3)CN(CCc2ccccc2)C1. The first kappa shape index (κ1) is 23.5. The van der Waals surface area contributed by atoms with Gasteiger partial charge in [0.2, 0.25) is 11.8 Å². The van der Waals surface area contributed by atoms with E-state index in [9.17, 15) is 9.59 Å². The van der Waals surface area contributed by atoms with Gasteiger partial charge in [-0.25, -0.2) is 0 Å². The van der Waals surface area contributed by atoms with Gasteiger partial charge in [0.1, 0.15) is 0 Å². The zero-order chi connectivity index (χ0) is 23.2. The molecule has 4 rings (SSSR count). The predicted molar refractivity (Wildman–Crippen MR) is 133 cm³/mol. The molecule has 0 spiro atoms. The minimum Gasteiger partial charge on any atom is -0.356 e. The highest BCUT2D eigenvalue weighted by molar-refractivity contribution is 5.93. The molecule has 0 radical (unpaired) electrons. The number of hydrogen-bond acceptors (Lipinski definition) is 3. The number of piperidine rings is 1. The van der Waals surface area contributed by atoms with E-state index in [2.05, 4.69) is 65.8 Å². The van der Waals surface area contributed by atoms with E-state index >= 15 is 0 Å². The Balaban J connectivity index is 1.42. The Morgan fingerprint density at radius 1 is 0.970 bits per heavy atom. The van der Waals surface area contributed by atoms with Gasteiger partial charge in [-0.3, -0.25) is 9.59 Å². The van der Waals surface area contributed by atoms with Gasteiger partial charge in [-0.05, 0) is 66.8 Å². The lowest BCUT2D eigenvalue weighted by molar-refractivity contribution is -0.130. The summed E-state index contributed by atoms with van der Waals surface area (Å²) in [4.78, 5) is 28.5. The number of nitrogens with zero attached hydrogens (tertiary/aromatic N) is 1. The Morgan fingerprint density at radius 2 is 1.70 bits per heavy atom. The third-order valence-corrected chi connectivity index (χ3v) is 6.88. The molecule has 1 heterocycles. The molecule has 0 unspecified atom stereocenters. The lowest BCUT2D eigenvalue weighted by Gasteiger charge is -2.36. The van der Waals surface area contributed by atoms with Crippen molar-refractivity contribution in [3.63, 3.8) is 0 Å². The van der Waals surface area contributed by atoms with Gasteiger partial charge < -0.3 is 15.5 Å². The van der Waals surface area contributed by atoms with Crippen LogP contribution in [0.25, 0.3) is 0 Å². The summed E-state index contributed by atoms with van der Waals surface area (Å²) < 4.78 is 0. The number of anilines is 1. The summed E-state index contributed by atoms with van der Waals surface area (Å²) in [5, 5.41) is 6.23. The number of nitrogens with one attached hydrogen (secondary N) is 2. The topological polar surface area (TPSA) is 61.4 Å². The smallest absolute Gasteiger partial charge is 0.228 e. The van der Waals surface area contributed by atoms with Crippen LogP contribution in [0.3, 0.4) is 0 Å². The molecule has 1 saturated heterocycles. The molecule has 33 heavy (non-hydrogen) atoms. The largest absolute Gasteiger partial charge is 0.356 e. The van der Waals surface area contributed by atoms with E-state index < -0.39 is 0 Å². The average Bonchev–Trinajstić information content (AvgIpc) is 3.29. The van der Waals surface area contributed by atoms with E-state index in [0.717, 1.165) is 31.5 Å². The number of aryl methyl sites for hydroxylation is 2. The second kappa shape index (κ2) is 11.0. The zero-order valence-corrected chi connectivity index (χ0v) is 20.0. The maximum atomic E-state index is 13.3. The van der Waals surface area contributed by atoms with Crippen molar-refractivity contribution in [2.75, 3.05) is 31.5 Å². The van der Waals surface area contributed by atoms with Crippen LogP contribution in [0.1, 0.15) is 43.4 Å². The van der Waals surface area contributed by atoms with Crippen molar-refractivity contribution in [1.82, 2.24) is 10.2 Å². The molecule has 2 atom stereocenters. The van der Waals surface area contributed by atoms with Gasteiger partial charge in [0.05, 0.1) is 11.8 Å². The van der Waals surface area contributed by atoms with Crippen LogP contribution < -0.4 is 10.6 Å². The van der Waals surface area contributed by atoms with Crippen LogP contribution in [-0.4, -0.2) is 42.9 Å². The molecule has 1 aliphatic heterocycles. The third-order valence-electron chi connectivity index (χ3n) is 6.88. The number of benzene rings is 2. The van der Waals surface area contributed by atoms with Crippen molar-refractivity contribution in [3.05, 3.63) is 65.2 Å². The first-order valence-electron chi connectivity index (χ1n) is 12.4. The number of likely N-dealkylation sites (tertiary alicyclic amines) is 1. The van der Waals surface area contributed by atoms with Gasteiger partial charge in [-0.15, -0.1) is 0 Å². The van der Waals surface area contributed by atoms with Crippen LogP contribution in [0.2, 0.25) is 0 Å². The molecule has 176 valence electrons. The van der Waals surface area contributed by atoms with E-state index in [4.69, 9.17) is 0 Å². The zero-order valence-electron chi connectivity index (χ0n) is 20.0. The number of fused-ring (bicyclic) bond motifs is 1. The lowest BCUT2D eigenvalue weighted by Crippen LogP contribution is -2.50. The molecule has 2 aromatic rings. The van der Waals surface area contributed by atoms with E-state index in [1.54, 1.807) is 0 Å². The summed E-state index contributed by atoms with van der Waals surface area (Å²) in [5.74, 6) is 0.148. The van der Waals surface area contributed by atoms with Crippen LogP contribution in [0.5, 0.6) is 0 Å². The Hall–Kier alpha value is -2.66. The Labute approximate surface area is 197 Å². The maximum absolute atomic E-state index is 13.3. The van der Waals surface area contributed by atoms with Gasteiger partial charge in [0, 0.05) is 31.9 Å². The fourth-order valence-corrected chi connectivity index (χ4v) is 5.03. The van der Waals surface area contributed by atoms with E-state index in [0.29, 0.717) is 32.0 Å². The lowest BCUT2D eigenvalue weighted by atomic mass is 9.87. The molecule has 1 fully saturated rings.